The normalized spacial score (nSPS) is 12.3. The van der Waals surface area contributed by atoms with Crippen molar-refractivity contribution >= 4 is 15.2 Å². The minimum atomic E-state index is -4.86. The van der Waals surface area contributed by atoms with Crippen molar-refractivity contribution in [1.29, 1.82) is 0 Å². The van der Waals surface area contributed by atoms with Crippen LogP contribution in [0.5, 0.6) is 0 Å². The summed E-state index contributed by atoms with van der Waals surface area (Å²) in [5.74, 6) is 0. The molecule has 0 saturated carbocycles. The summed E-state index contributed by atoms with van der Waals surface area (Å²) in [6.07, 6.45) is 0. The molecule has 0 atom stereocenters. The Morgan fingerprint density at radius 2 is 1.17 bits per heavy atom. The maximum atomic E-state index is 10.1. The zero-order valence-electron chi connectivity index (χ0n) is 6.65. The van der Waals surface area contributed by atoms with Gasteiger partial charge in [0.1, 0.15) is 0 Å². The first kappa shape index (κ1) is 14.8. The minimum Gasteiger partial charge on any atom is -0.323 e. The van der Waals surface area contributed by atoms with Crippen molar-refractivity contribution in [2.24, 2.45) is 5.73 Å². The van der Waals surface area contributed by atoms with E-state index in [9.17, 15) is 9.13 Å². The molecule has 0 aromatic carbocycles. The van der Waals surface area contributed by atoms with Crippen LogP contribution < -0.4 is 5.73 Å². The van der Waals surface area contributed by atoms with Crippen molar-refractivity contribution in [2.45, 2.75) is 19.4 Å². The summed E-state index contributed by atoms with van der Waals surface area (Å²) >= 11 is 0. The van der Waals surface area contributed by atoms with E-state index in [-0.39, 0.29) is 0 Å². The van der Waals surface area contributed by atoms with Crippen LogP contribution in [0.15, 0.2) is 0 Å². The van der Waals surface area contributed by atoms with Crippen molar-refractivity contribution in [1.82, 2.24) is 0 Å². The number of hydrogen-bond acceptors (Lipinski definition) is 3. The fraction of sp³-hybridized carbons (Fsp3) is 1.00. The van der Waals surface area contributed by atoms with Gasteiger partial charge >= 0.3 is 15.2 Å². The van der Waals surface area contributed by atoms with E-state index in [1.807, 2.05) is 13.8 Å². The maximum Gasteiger partial charge on any atom is 0.354 e. The van der Waals surface area contributed by atoms with Crippen LogP contribution in [0.3, 0.4) is 0 Å². The van der Waals surface area contributed by atoms with Gasteiger partial charge in [0.25, 0.3) is 0 Å². The third-order valence-corrected chi connectivity index (χ3v) is 3.87. The lowest BCUT2D eigenvalue weighted by Crippen LogP contribution is -2.19. The van der Waals surface area contributed by atoms with E-state index in [2.05, 4.69) is 5.73 Å². The van der Waals surface area contributed by atoms with Gasteiger partial charge in [-0.15, -0.1) is 0 Å². The van der Waals surface area contributed by atoms with Crippen LogP contribution in [-0.2, 0) is 9.13 Å². The Morgan fingerprint density at radius 1 is 1.00 bits per heavy atom. The summed E-state index contributed by atoms with van der Waals surface area (Å²) in [6.45, 7) is 4.00. The summed E-state index contributed by atoms with van der Waals surface area (Å²) in [7, 11) is -9.73. The van der Waals surface area contributed by atoms with Crippen molar-refractivity contribution < 1.29 is 28.7 Å². The molecule has 6 N–H and O–H groups in total. The summed E-state index contributed by atoms with van der Waals surface area (Å²) in [4.78, 5) is 32.5. The third kappa shape index (κ3) is 5.85. The predicted molar refractivity (Wildman–Crippen MR) is 43.4 cm³/mol. The van der Waals surface area contributed by atoms with Crippen molar-refractivity contribution in [3.63, 3.8) is 0 Å². The van der Waals surface area contributed by atoms with Gasteiger partial charge in [0.2, 0.25) is 5.52 Å². The van der Waals surface area contributed by atoms with Gasteiger partial charge in [-0.2, -0.15) is 0 Å². The molecule has 12 heavy (non-hydrogen) atoms. The van der Waals surface area contributed by atoms with Crippen molar-refractivity contribution in [2.75, 3.05) is 0 Å². The lowest BCUT2D eigenvalue weighted by molar-refractivity contribution is 0.339. The van der Waals surface area contributed by atoms with Crippen LogP contribution in [-0.4, -0.2) is 25.1 Å². The molecule has 7 nitrogen and oxygen atoms in total. The number of rotatable bonds is 2. The Bertz CT molecular complexity index is 183. The quantitative estimate of drug-likeness (QED) is 0.399. The zero-order chi connectivity index (χ0) is 10.6. The van der Waals surface area contributed by atoms with E-state index in [1.54, 1.807) is 0 Å². The van der Waals surface area contributed by atoms with Crippen molar-refractivity contribution in [3.8, 4) is 0 Å². The maximum absolute atomic E-state index is 10.1. The van der Waals surface area contributed by atoms with Crippen LogP contribution in [0, 0.1) is 0 Å². The van der Waals surface area contributed by atoms with E-state index < -0.39 is 20.7 Å². The molecule has 0 unspecified atom stereocenters. The summed E-state index contributed by atoms with van der Waals surface area (Å²) in [5.41, 5.74) is 2.10. The highest BCUT2D eigenvalue weighted by Gasteiger charge is 2.39. The fourth-order valence-electron chi connectivity index (χ4n) is 0.196. The van der Waals surface area contributed by atoms with Gasteiger partial charge in [-0.3, -0.25) is 9.13 Å². The molecule has 0 aliphatic heterocycles. The highest BCUT2D eigenvalue weighted by Crippen LogP contribution is 2.56. The van der Waals surface area contributed by atoms with Gasteiger partial charge in [-0.05, 0) is 0 Å². The predicted octanol–water partition coefficient (Wildman–Crippen LogP) is -0.390. The van der Waals surface area contributed by atoms with E-state index in [1.165, 1.54) is 0 Å². The minimum absolute atomic E-state index is 2.00. The highest BCUT2D eigenvalue weighted by atomic mass is 31.2. The van der Waals surface area contributed by atoms with Crippen LogP contribution in [0.4, 0.5) is 0 Å². The first-order valence-electron chi connectivity index (χ1n) is 3.01. The van der Waals surface area contributed by atoms with Gasteiger partial charge < -0.3 is 25.3 Å². The molecule has 0 radical (unpaired) electrons. The molecular formula is C3H13NO6P2. The van der Waals surface area contributed by atoms with Gasteiger partial charge in [0, 0.05) is 0 Å². The Balaban J connectivity index is 0. The van der Waals surface area contributed by atoms with Crippen LogP contribution >= 0.6 is 15.2 Å². The molecular weight excluding hydrogens is 208 g/mol. The zero-order valence-corrected chi connectivity index (χ0v) is 8.44. The average molecular weight is 221 g/mol. The van der Waals surface area contributed by atoms with Crippen molar-refractivity contribution in [3.05, 3.63) is 0 Å². The molecule has 0 aromatic heterocycles. The second-order valence-corrected chi connectivity index (χ2v) is 5.47. The molecule has 76 valence electrons. The van der Waals surface area contributed by atoms with E-state index in [0.29, 0.717) is 0 Å². The molecule has 0 saturated heterocycles. The molecule has 0 spiro atoms. The average Bonchev–Trinajstić information content (AvgIpc) is 1.87. The number of nitrogens with two attached hydrogens (primary N) is 1. The highest BCUT2D eigenvalue weighted by molar-refractivity contribution is 7.70. The molecule has 0 fully saturated rings. The Morgan fingerprint density at radius 3 is 1.17 bits per heavy atom. The second kappa shape index (κ2) is 5.09. The topological polar surface area (TPSA) is 141 Å². The first-order chi connectivity index (χ1) is 5.15. The first-order valence-corrected chi connectivity index (χ1v) is 6.38. The molecule has 0 bridgehead atoms. The lowest BCUT2D eigenvalue weighted by atomic mass is 11.0. The Kier molecular flexibility index (Phi) is 6.26. The fourth-order valence-corrected chi connectivity index (χ4v) is 1.76. The van der Waals surface area contributed by atoms with Gasteiger partial charge in [0.15, 0.2) is 0 Å². The van der Waals surface area contributed by atoms with Crippen LogP contribution in [0.1, 0.15) is 13.8 Å². The molecule has 0 amide bonds. The molecule has 0 aromatic rings. The van der Waals surface area contributed by atoms with Gasteiger partial charge in [0.05, 0.1) is 0 Å². The third-order valence-electron chi connectivity index (χ3n) is 0.689. The second-order valence-electron chi connectivity index (χ2n) is 1.59. The Labute approximate surface area is 69.9 Å². The lowest BCUT2D eigenvalue weighted by Gasteiger charge is -2.13. The SMILES string of the molecule is CC.NC(P(=O)(O)O)P(=O)(O)O. The Hall–Kier alpha value is 0.260. The molecule has 0 heterocycles. The van der Waals surface area contributed by atoms with E-state index in [0.717, 1.165) is 0 Å². The largest absolute Gasteiger partial charge is 0.354 e. The molecule has 0 aliphatic rings. The number of hydrogen-bond donors (Lipinski definition) is 5. The molecule has 0 rings (SSSR count). The van der Waals surface area contributed by atoms with Crippen LogP contribution in [0.2, 0.25) is 0 Å². The summed E-state index contributed by atoms with van der Waals surface area (Å²) < 4.78 is 20.1. The standard InChI is InChI=1S/C2H6.CH7NO6P2/c1-2;2-1(9(3,4)5)10(6,7)8/h1-2H3;1H,2H2,(H2,3,4,5)(H2,6,7,8). The smallest absolute Gasteiger partial charge is 0.323 e. The van der Waals surface area contributed by atoms with E-state index >= 15 is 0 Å². The van der Waals surface area contributed by atoms with Crippen LogP contribution in [0.25, 0.3) is 0 Å². The van der Waals surface area contributed by atoms with Gasteiger partial charge in [-0.1, -0.05) is 13.8 Å². The molecule has 0 aliphatic carbocycles. The molecule has 9 heteroatoms. The van der Waals surface area contributed by atoms with Gasteiger partial charge in [-0.25, -0.2) is 0 Å². The summed E-state index contributed by atoms with van der Waals surface area (Å²) in [6, 6.07) is 0. The van der Waals surface area contributed by atoms with E-state index in [4.69, 9.17) is 19.6 Å². The summed E-state index contributed by atoms with van der Waals surface area (Å²) in [5, 5.41) is 0. The monoisotopic (exact) mass is 221 g/mol.